The molecule has 0 saturated carbocycles. The van der Waals surface area contributed by atoms with E-state index in [0.717, 1.165) is 27.4 Å². The van der Waals surface area contributed by atoms with Crippen molar-refractivity contribution in [1.29, 1.82) is 0 Å². The average Bonchev–Trinajstić information content (AvgIpc) is 2.89. The third-order valence-electron chi connectivity index (χ3n) is 2.89. The Balaban J connectivity index is 2.03. The van der Waals surface area contributed by atoms with Gasteiger partial charge in [0.1, 0.15) is 10.8 Å². The van der Waals surface area contributed by atoms with Crippen molar-refractivity contribution in [2.24, 2.45) is 0 Å². The smallest absolute Gasteiger partial charge is 0.125 e. The van der Waals surface area contributed by atoms with Crippen LogP contribution in [-0.4, -0.2) is 9.97 Å². The number of thiazole rings is 1. The molecule has 0 radical (unpaired) electrons. The molecular weight excluding hydrogens is 259 g/mol. The molecule has 19 heavy (non-hydrogen) atoms. The van der Waals surface area contributed by atoms with Gasteiger partial charge in [-0.25, -0.2) is 9.37 Å². The molecule has 0 bridgehead atoms. The highest BCUT2D eigenvalue weighted by atomic mass is 32.1. The van der Waals surface area contributed by atoms with Crippen molar-refractivity contribution in [3.05, 3.63) is 59.5 Å². The zero-order valence-electron chi connectivity index (χ0n) is 10.3. The van der Waals surface area contributed by atoms with Crippen molar-refractivity contribution in [2.45, 2.75) is 6.92 Å². The molecule has 2 aromatic heterocycles. The number of pyridine rings is 1. The minimum Gasteiger partial charge on any atom is -0.264 e. The van der Waals surface area contributed by atoms with E-state index in [-0.39, 0.29) is 5.82 Å². The molecular formula is C15H11FN2S. The first kappa shape index (κ1) is 12.0. The molecule has 0 saturated heterocycles. The Morgan fingerprint density at radius 1 is 1.21 bits per heavy atom. The van der Waals surface area contributed by atoms with Gasteiger partial charge < -0.3 is 0 Å². The highest BCUT2D eigenvalue weighted by molar-refractivity contribution is 7.13. The summed E-state index contributed by atoms with van der Waals surface area (Å²) < 4.78 is 13.2. The van der Waals surface area contributed by atoms with E-state index in [0.29, 0.717) is 0 Å². The summed E-state index contributed by atoms with van der Waals surface area (Å²) >= 11 is 1.54. The second kappa shape index (κ2) is 4.90. The molecule has 2 heterocycles. The molecule has 94 valence electrons. The SMILES string of the molecule is Cc1ccncc1-c1nc(-c2cccc(F)c2)cs1. The molecule has 0 N–H and O–H groups in total. The van der Waals surface area contributed by atoms with Crippen LogP contribution in [-0.2, 0) is 0 Å². The predicted molar refractivity (Wildman–Crippen MR) is 75.5 cm³/mol. The molecule has 2 nitrogen and oxygen atoms in total. The van der Waals surface area contributed by atoms with Crippen LogP contribution in [0.3, 0.4) is 0 Å². The topological polar surface area (TPSA) is 25.8 Å². The van der Waals surface area contributed by atoms with Crippen LogP contribution in [0.2, 0.25) is 0 Å². The van der Waals surface area contributed by atoms with Gasteiger partial charge in [-0.15, -0.1) is 11.3 Å². The number of benzene rings is 1. The van der Waals surface area contributed by atoms with Gasteiger partial charge in [-0.1, -0.05) is 12.1 Å². The normalized spacial score (nSPS) is 10.6. The van der Waals surface area contributed by atoms with E-state index in [2.05, 4.69) is 9.97 Å². The molecule has 0 spiro atoms. The fraction of sp³-hybridized carbons (Fsp3) is 0.0667. The lowest BCUT2D eigenvalue weighted by Crippen LogP contribution is -1.85. The molecule has 0 atom stereocenters. The molecule has 4 heteroatoms. The van der Waals surface area contributed by atoms with Crippen molar-refractivity contribution in [2.75, 3.05) is 0 Å². The lowest BCUT2D eigenvalue weighted by molar-refractivity contribution is 0.628. The summed E-state index contributed by atoms with van der Waals surface area (Å²) in [6, 6.07) is 8.44. The van der Waals surface area contributed by atoms with Crippen molar-refractivity contribution in [3.8, 4) is 21.8 Å². The van der Waals surface area contributed by atoms with Crippen molar-refractivity contribution < 1.29 is 4.39 Å². The van der Waals surface area contributed by atoms with Gasteiger partial charge >= 0.3 is 0 Å². The first-order chi connectivity index (χ1) is 9.24. The van der Waals surface area contributed by atoms with Crippen LogP contribution in [0.15, 0.2) is 48.1 Å². The maximum atomic E-state index is 13.2. The second-order valence-electron chi connectivity index (χ2n) is 4.24. The molecule has 0 amide bonds. The molecule has 0 aliphatic rings. The Hall–Kier alpha value is -2.07. The van der Waals surface area contributed by atoms with Crippen LogP contribution >= 0.6 is 11.3 Å². The first-order valence-electron chi connectivity index (χ1n) is 5.86. The minimum atomic E-state index is -0.246. The minimum absolute atomic E-state index is 0.246. The number of aryl methyl sites for hydroxylation is 1. The van der Waals surface area contributed by atoms with Crippen molar-refractivity contribution in [3.63, 3.8) is 0 Å². The molecule has 1 aromatic carbocycles. The number of nitrogens with zero attached hydrogens (tertiary/aromatic N) is 2. The van der Waals surface area contributed by atoms with Gasteiger partial charge in [-0.3, -0.25) is 4.98 Å². The Bertz CT molecular complexity index is 721. The fourth-order valence-electron chi connectivity index (χ4n) is 1.87. The third-order valence-corrected chi connectivity index (χ3v) is 3.77. The monoisotopic (exact) mass is 270 g/mol. The lowest BCUT2D eigenvalue weighted by Gasteiger charge is -2.00. The van der Waals surface area contributed by atoms with E-state index in [9.17, 15) is 4.39 Å². The van der Waals surface area contributed by atoms with E-state index in [1.165, 1.54) is 12.1 Å². The Morgan fingerprint density at radius 2 is 2.11 bits per heavy atom. The standard InChI is InChI=1S/C15H11FN2S/c1-10-5-6-17-8-13(10)15-18-14(9-19-15)11-3-2-4-12(16)7-11/h2-9H,1H3. The largest absolute Gasteiger partial charge is 0.264 e. The van der Waals surface area contributed by atoms with E-state index < -0.39 is 0 Å². The summed E-state index contributed by atoms with van der Waals surface area (Å²) in [5.41, 5.74) is 3.75. The van der Waals surface area contributed by atoms with E-state index in [1.54, 1.807) is 23.6 Å². The lowest BCUT2D eigenvalue weighted by atomic mass is 10.1. The van der Waals surface area contributed by atoms with Gasteiger partial charge in [0.2, 0.25) is 0 Å². The van der Waals surface area contributed by atoms with Gasteiger partial charge in [0.15, 0.2) is 0 Å². The van der Waals surface area contributed by atoms with Crippen LogP contribution in [0.4, 0.5) is 4.39 Å². The van der Waals surface area contributed by atoms with Gasteiger partial charge in [0.05, 0.1) is 5.69 Å². The van der Waals surface area contributed by atoms with Crippen LogP contribution in [0.5, 0.6) is 0 Å². The summed E-state index contributed by atoms with van der Waals surface area (Å²) in [6.45, 7) is 2.03. The summed E-state index contributed by atoms with van der Waals surface area (Å²) in [5, 5.41) is 2.85. The van der Waals surface area contributed by atoms with Crippen LogP contribution < -0.4 is 0 Å². The molecule has 0 aliphatic carbocycles. The van der Waals surface area contributed by atoms with Gasteiger partial charge in [0, 0.05) is 28.9 Å². The Morgan fingerprint density at radius 3 is 2.89 bits per heavy atom. The molecule has 3 rings (SSSR count). The number of rotatable bonds is 2. The predicted octanol–water partition coefficient (Wildman–Crippen LogP) is 4.32. The fourth-order valence-corrected chi connectivity index (χ4v) is 2.77. The van der Waals surface area contributed by atoms with E-state index in [4.69, 9.17) is 0 Å². The Kier molecular flexibility index (Phi) is 3.09. The maximum absolute atomic E-state index is 13.2. The maximum Gasteiger partial charge on any atom is 0.125 e. The zero-order chi connectivity index (χ0) is 13.2. The Labute approximate surface area is 114 Å². The van der Waals surface area contributed by atoms with Crippen LogP contribution in [0.25, 0.3) is 21.8 Å². The number of hydrogen-bond donors (Lipinski definition) is 0. The molecule has 3 aromatic rings. The number of aromatic nitrogens is 2. The number of halogens is 1. The average molecular weight is 270 g/mol. The first-order valence-corrected chi connectivity index (χ1v) is 6.74. The highest BCUT2D eigenvalue weighted by Crippen LogP contribution is 2.30. The summed E-state index contributed by atoms with van der Waals surface area (Å²) in [4.78, 5) is 8.69. The summed E-state index contributed by atoms with van der Waals surface area (Å²) in [6.07, 6.45) is 3.57. The third kappa shape index (κ3) is 2.39. The second-order valence-corrected chi connectivity index (χ2v) is 5.10. The summed E-state index contributed by atoms with van der Waals surface area (Å²) in [5.74, 6) is -0.246. The van der Waals surface area contributed by atoms with Gasteiger partial charge in [0.25, 0.3) is 0 Å². The molecule has 0 unspecified atom stereocenters. The van der Waals surface area contributed by atoms with Gasteiger partial charge in [-0.2, -0.15) is 0 Å². The van der Waals surface area contributed by atoms with E-state index >= 15 is 0 Å². The quantitative estimate of drug-likeness (QED) is 0.693. The molecule has 0 fully saturated rings. The highest BCUT2D eigenvalue weighted by Gasteiger charge is 2.09. The van der Waals surface area contributed by atoms with Crippen molar-refractivity contribution >= 4 is 11.3 Å². The van der Waals surface area contributed by atoms with Gasteiger partial charge in [-0.05, 0) is 30.7 Å². The summed E-state index contributed by atoms with van der Waals surface area (Å²) in [7, 11) is 0. The van der Waals surface area contributed by atoms with Crippen LogP contribution in [0.1, 0.15) is 5.56 Å². The number of hydrogen-bond acceptors (Lipinski definition) is 3. The van der Waals surface area contributed by atoms with Crippen molar-refractivity contribution in [1.82, 2.24) is 9.97 Å². The van der Waals surface area contributed by atoms with E-state index in [1.807, 2.05) is 30.6 Å². The van der Waals surface area contributed by atoms with Crippen LogP contribution in [0, 0.1) is 12.7 Å². The zero-order valence-corrected chi connectivity index (χ0v) is 11.1. The molecule has 0 aliphatic heterocycles.